The molecule has 0 heterocycles. The fourth-order valence-electron chi connectivity index (χ4n) is 3.63. The number of methoxy groups -OCH3 is 1. The molecule has 1 N–H and O–H groups in total. The van der Waals surface area contributed by atoms with Crippen LogP contribution in [0.25, 0.3) is 0 Å². The molecule has 0 aliphatic heterocycles. The topological polar surface area (TPSA) is 96.0 Å². The first-order valence-electron chi connectivity index (χ1n) is 11.7. The number of hydrogen-bond acceptors (Lipinski definition) is 5. The van der Waals surface area contributed by atoms with Crippen molar-refractivity contribution in [2.24, 2.45) is 0 Å². The van der Waals surface area contributed by atoms with Crippen molar-refractivity contribution in [3.8, 4) is 5.75 Å². The molecular weight excluding hydrogens is 466 g/mol. The van der Waals surface area contributed by atoms with Crippen LogP contribution in [0.3, 0.4) is 0 Å². The summed E-state index contributed by atoms with van der Waals surface area (Å²) in [4.78, 5) is 27.9. The van der Waals surface area contributed by atoms with Gasteiger partial charge in [0, 0.05) is 13.1 Å². The van der Waals surface area contributed by atoms with E-state index in [0.29, 0.717) is 18.0 Å². The number of amides is 2. The van der Waals surface area contributed by atoms with Crippen LogP contribution >= 0.6 is 0 Å². The van der Waals surface area contributed by atoms with E-state index < -0.39 is 28.5 Å². The third-order valence-corrected chi connectivity index (χ3v) is 6.95. The Morgan fingerprint density at radius 1 is 1.09 bits per heavy atom. The van der Waals surface area contributed by atoms with Crippen molar-refractivity contribution in [3.63, 3.8) is 0 Å². The third-order valence-electron chi connectivity index (χ3n) is 5.82. The fraction of sp³-hybridized carbons (Fsp3) is 0.462. The molecule has 2 aromatic carbocycles. The zero-order valence-electron chi connectivity index (χ0n) is 21.5. The number of nitrogens with one attached hydrogen (secondary N) is 1. The number of rotatable bonds is 12. The van der Waals surface area contributed by atoms with Crippen molar-refractivity contribution in [2.75, 3.05) is 30.8 Å². The molecular formula is C26H37N3O5S. The molecule has 2 aromatic rings. The summed E-state index contributed by atoms with van der Waals surface area (Å²) in [6.07, 6.45) is 2.85. The summed E-state index contributed by atoms with van der Waals surface area (Å²) in [5, 5.41) is 2.87. The van der Waals surface area contributed by atoms with Crippen molar-refractivity contribution >= 4 is 27.5 Å². The van der Waals surface area contributed by atoms with Crippen LogP contribution in [0.15, 0.2) is 42.5 Å². The molecule has 0 aromatic heterocycles. The molecule has 2 amide bonds. The number of ether oxygens (including phenoxy) is 1. The smallest absolute Gasteiger partial charge is 0.244 e. The monoisotopic (exact) mass is 503 g/mol. The van der Waals surface area contributed by atoms with E-state index in [2.05, 4.69) is 5.32 Å². The van der Waals surface area contributed by atoms with Crippen LogP contribution in [0.4, 0.5) is 5.69 Å². The third kappa shape index (κ3) is 7.99. The van der Waals surface area contributed by atoms with Crippen molar-refractivity contribution < 1.29 is 22.7 Å². The van der Waals surface area contributed by atoms with Gasteiger partial charge in [0.1, 0.15) is 18.3 Å². The second kappa shape index (κ2) is 12.6. The first kappa shape index (κ1) is 28.2. The Kier molecular flexibility index (Phi) is 10.1. The van der Waals surface area contributed by atoms with E-state index in [1.54, 1.807) is 39.2 Å². The number of nitrogens with zero attached hydrogens (tertiary/aromatic N) is 2. The molecule has 0 fully saturated rings. The molecule has 0 saturated carbocycles. The average Bonchev–Trinajstić information content (AvgIpc) is 2.81. The summed E-state index contributed by atoms with van der Waals surface area (Å²) in [7, 11) is -2.19. The van der Waals surface area contributed by atoms with Crippen LogP contribution in [-0.2, 0) is 26.2 Å². The van der Waals surface area contributed by atoms with Gasteiger partial charge in [-0.1, -0.05) is 37.6 Å². The second-order valence-corrected chi connectivity index (χ2v) is 10.7. The van der Waals surface area contributed by atoms with E-state index in [0.717, 1.165) is 40.1 Å². The van der Waals surface area contributed by atoms with Gasteiger partial charge in [0.2, 0.25) is 21.8 Å². The number of hydrogen-bond donors (Lipinski definition) is 1. The van der Waals surface area contributed by atoms with Crippen molar-refractivity contribution in [1.29, 1.82) is 0 Å². The lowest BCUT2D eigenvalue weighted by Crippen LogP contribution is -2.51. The summed E-state index contributed by atoms with van der Waals surface area (Å²) < 4.78 is 31.8. The number of benzene rings is 2. The van der Waals surface area contributed by atoms with Crippen molar-refractivity contribution in [3.05, 3.63) is 59.2 Å². The molecule has 0 aliphatic rings. The summed E-state index contributed by atoms with van der Waals surface area (Å²) in [5.41, 5.74) is 2.86. The second-order valence-electron chi connectivity index (χ2n) is 8.75. The lowest BCUT2D eigenvalue weighted by atomic mass is 10.1. The Morgan fingerprint density at radius 3 is 2.31 bits per heavy atom. The molecule has 0 saturated heterocycles. The number of carbonyl (C=O) groups is 2. The first-order valence-corrected chi connectivity index (χ1v) is 13.6. The van der Waals surface area contributed by atoms with Gasteiger partial charge >= 0.3 is 0 Å². The van der Waals surface area contributed by atoms with Crippen LogP contribution in [0.1, 0.15) is 43.4 Å². The Hall–Kier alpha value is -3.07. The zero-order chi connectivity index (χ0) is 26.2. The van der Waals surface area contributed by atoms with E-state index >= 15 is 0 Å². The Labute approximate surface area is 209 Å². The number of aryl methyl sites for hydroxylation is 2. The van der Waals surface area contributed by atoms with E-state index in [1.807, 2.05) is 38.1 Å². The standard InChI is InChI=1S/C26H37N3O5S/c1-7-8-15-27-26(31)21(4)28(17-22-11-13-23(34-5)14-12-22)25(30)18-29(35(6,32)33)24-16-19(2)9-10-20(24)3/h9-14,16,21H,7-8,15,17-18H2,1-6H3,(H,27,31). The lowest BCUT2D eigenvalue weighted by molar-refractivity contribution is -0.139. The minimum atomic E-state index is -3.76. The number of carbonyl (C=O) groups excluding carboxylic acids is 2. The maximum Gasteiger partial charge on any atom is 0.244 e. The van der Waals surface area contributed by atoms with Crippen LogP contribution in [0.5, 0.6) is 5.75 Å². The predicted octanol–water partition coefficient (Wildman–Crippen LogP) is 3.41. The van der Waals surface area contributed by atoms with Gasteiger partial charge in [-0.05, 0) is 62.1 Å². The molecule has 0 bridgehead atoms. The van der Waals surface area contributed by atoms with Gasteiger partial charge in [-0.25, -0.2) is 8.42 Å². The molecule has 35 heavy (non-hydrogen) atoms. The maximum absolute atomic E-state index is 13.6. The molecule has 0 radical (unpaired) electrons. The van der Waals surface area contributed by atoms with Gasteiger partial charge in [-0.3, -0.25) is 13.9 Å². The summed E-state index contributed by atoms with van der Waals surface area (Å²) in [6.45, 7) is 7.61. The van der Waals surface area contributed by atoms with Crippen molar-refractivity contribution in [1.82, 2.24) is 10.2 Å². The maximum atomic E-state index is 13.6. The molecule has 2 rings (SSSR count). The number of anilines is 1. The van der Waals surface area contributed by atoms with Crippen LogP contribution < -0.4 is 14.4 Å². The van der Waals surface area contributed by atoms with E-state index in [1.165, 1.54) is 4.90 Å². The summed E-state index contributed by atoms with van der Waals surface area (Å²) in [5.74, 6) is -0.0709. The van der Waals surface area contributed by atoms with Gasteiger partial charge in [0.15, 0.2) is 0 Å². The highest BCUT2D eigenvalue weighted by Gasteiger charge is 2.30. The minimum absolute atomic E-state index is 0.148. The largest absolute Gasteiger partial charge is 0.497 e. The number of sulfonamides is 1. The van der Waals surface area contributed by atoms with Gasteiger partial charge in [-0.2, -0.15) is 0 Å². The highest BCUT2D eigenvalue weighted by molar-refractivity contribution is 7.92. The molecule has 1 atom stereocenters. The Bertz CT molecular complexity index is 1120. The molecule has 9 heteroatoms. The molecule has 8 nitrogen and oxygen atoms in total. The first-order chi connectivity index (χ1) is 16.5. The fourth-order valence-corrected chi connectivity index (χ4v) is 4.53. The number of unbranched alkanes of at least 4 members (excludes halogenated alkanes) is 1. The van der Waals surface area contributed by atoms with Crippen LogP contribution in [0.2, 0.25) is 0 Å². The molecule has 0 spiro atoms. The van der Waals surface area contributed by atoms with E-state index in [-0.39, 0.29) is 12.5 Å². The minimum Gasteiger partial charge on any atom is -0.497 e. The molecule has 192 valence electrons. The molecule has 1 unspecified atom stereocenters. The lowest BCUT2D eigenvalue weighted by Gasteiger charge is -2.32. The van der Waals surface area contributed by atoms with Crippen LogP contribution in [0, 0.1) is 13.8 Å². The Morgan fingerprint density at radius 2 is 1.74 bits per heavy atom. The van der Waals surface area contributed by atoms with E-state index in [4.69, 9.17) is 4.74 Å². The van der Waals surface area contributed by atoms with E-state index in [9.17, 15) is 18.0 Å². The summed E-state index contributed by atoms with van der Waals surface area (Å²) in [6, 6.07) is 11.9. The van der Waals surface area contributed by atoms with Gasteiger partial charge in [0.05, 0.1) is 19.1 Å². The normalized spacial score (nSPS) is 12.1. The molecule has 0 aliphatic carbocycles. The van der Waals surface area contributed by atoms with Gasteiger partial charge < -0.3 is 15.0 Å². The van der Waals surface area contributed by atoms with Crippen LogP contribution in [-0.4, -0.2) is 57.6 Å². The highest BCUT2D eigenvalue weighted by Crippen LogP contribution is 2.24. The quantitative estimate of drug-likeness (QED) is 0.448. The Balaban J connectivity index is 2.38. The average molecular weight is 504 g/mol. The predicted molar refractivity (Wildman–Crippen MR) is 139 cm³/mol. The summed E-state index contributed by atoms with van der Waals surface area (Å²) >= 11 is 0. The van der Waals surface area contributed by atoms with Gasteiger partial charge in [-0.15, -0.1) is 0 Å². The highest BCUT2D eigenvalue weighted by atomic mass is 32.2. The van der Waals surface area contributed by atoms with Gasteiger partial charge in [0.25, 0.3) is 0 Å². The SMILES string of the molecule is CCCCNC(=O)C(C)N(Cc1ccc(OC)cc1)C(=O)CN(c1cc(C)ccc1C)S(C)(=O)=O. The van der Waals surface area contributed by atoms with Crippen molar-refractivity contribution in [2.45, 2.75) is 53.1 Å². The zero-order valence-corrected chi connectivity index (χ0v) is 22.3.